The van der Waals surface area contributed by atoms with Crippen LogP contribution in [-0.4, -0.2) is 27.7 Å². The van der Waals surface area contributed by atoms with Crippen LogP contribution in [0.2, 0.25) is 0 Å². The van der Waals surface area contributed by atoms with Crippen molar-refractivity contribution in [1.29, 1.82) is 0 Å². The number of allylic oxidation sites excluding steroid dienone is 1. The second kappa shape index (κ2) is 9.62. The fraction of sp³-hybridized carbons (Fsp3) is 0.800. The summed E-state index contributed by atoms with van der Waals surface area (Å²) < 4.78 is 22.4. The van der Waals surface area contributed by atoms with Crippen molar-refractivity contribution in [1.82, 2.24) is 0 Å². The van der Waals surface area contributed by atoms with E-state index in [1.54, 1.807) is 0 Å². The van der Waals surface area contributed by atoms with Crippen LogP contribution in [0.4, 0.5) is 0 Å². The molecule has 0 aliphatic rings. The molecule has 0 aromatic rings. The van der Waals surface area contributed by atoms with Crippen molar-refractivity contribution in [3.05, 3.63) is 11.1 Å². The first kappa shape index (κ1) is 15.4. The third-order valence-corrected chi connectivity index (χ3v) is 7.24. The van der Waals surface area contributed by atoms with Crippen LogP contribution < -0.4 is 0 Å². The molecule has 0 saturated heterocycles. The van der Waals surface area contributed by atoms with Crippen LogP contribution in [-0.2, 0) is 13.6 Å². The van der Waals surface area contributed by atoms with Gasteiger partial charge >= 0.3 is 98.7 Å². The molecule has 0 aliphatic carbocycles. The van der Waals surface area contributed by atoms with Gasteiger partial charge in [0.1, 0.15) is 0 Å². The Bertz CT molecular complexity index is 209. The van der Waals surface area contributed by atoms with Crippen molar-refractivity contribution in [2.24, 2.45) is 0 Å². The zero-order chi connectivity index (χ0) is 11.6. The zero-order valence-corrected chi connectivity index (χ0v) is 12.4. The molecule has 0 atom stereocenters. The second-order valence-electron chi connectivity index (χ2n) is 2.90. The monoisotopic (exact) mass is 300 g/mol. The second-order valence-corrected chi connectivity index (χ2v) is 9.24. The Morgan fingerprint density at radius 2 is 1.80 bits per heavy atom. The Kier molecular flexibility index (Phi) is 9.89. The first-order valence-electron chi connectivity index (χ1n) is 5.41. The number of hydrogen-bond acceptors (Lipinski definition) is 3. The number of unbranched alkanes of at least 4 members (excludes halogenated alkanes) is 2. The van der Waals surface area contributed by atoms with E-state index in [2.05, 4.69) is 13.0 Å². The van der Waals surface area contributed by atoms with Crippen molar-refractivity contribution >= 4 is 20.8 Å². The molecule has 3 nitrogen and oxygen atoms in total. The summed E-state index contributed by atoms with van der Waals surface area (Å²) in [4.78, 5) is 1.97. The van der Waals surface area contributed by atoms with E-state index in [4.69, 9.17) is 9.05 Å². The van der Waals surface area contributed by atoms with Gasteiger partial charge in [-0.1, -0.05) is 0 Å². The average molecular weight is 299 g/mol. The van der Waals surface area contributed by atoms with Gasteiger partial charge in [0, 0.05) is 0 Å². The topological polar surface area (TPSA) is 35.5 Å². The summed E-state index contributed by atoms with van der Waals surface area (Å²) in [6.45, 7) is 6.72. The summed E-state index contributed by atoms with van der Waals surface area (Å²) in [6.07, 6.45) is 2.70. The Morgan fingerprint density at radius 3 is 2.27 bits per heavy atom. The molecule has 0 rings (SSSR count). The van der Waals surface area contributed by atoms with Crippen LogP contribution in [0, 0.1) is 0 Å². The van der Waals surface area contributed by atoms with Crippen LogP contribution >= 0.6 is 6.29 Å². The molecule has 0 aromatic carbocycles. The fourth-order valence-electron chi connectivity index (χ4n) is 0.922. The molecule has 15 heavy (non-hydrogen) atoms. The summed E-state index contributed by atoms with van der Waals surface area (Å²) >= 11 is -0.188. The van der Waals surface area contributed by atoms with Gasteiger partial charge in [0.05, 0.1) is 0 Å². The van der Waals surface area contributed by atoms with Gasteiger partial charge in [-0.2, -0.15) is 0 Å². The molecule has 0 amide bonds. The van der Waals surface area contributed by atoms with E-state index in [9.17, 15) is 4.57 Å². The first-order valence-corrected chi connectivity index (χ1v) is 10.2. The average Bonchev–Trinajstić information content (AvgIpc) is 2.18. The predicted octanol–water partition coefficient (Wildman–Crippen LogP) is 3.58. The van der Waals surface area contributed by atoms with E-state index in [0.717, 1.165) is 6.42 Å². The molecule has 0 unspecified atom stereocenters. The molecule has 0 fully saturated rings. The van der Waals surface area contributed by atoms with Gasteiger partial charge in [0.25, 0.3) is 0 Å². The Balaban J connectivity index is 3.95. The fourth-order valence-corrected chi connectivity index (χ4v) is 5.84. The van der Waals surface area contributed by atoms with Crippen molar-refractivity contribution in [2.75, 3.05) is 13.2 Å². The van der Waals surface area contributed by atoms with Gasteiger partial charge in [-0.25, -0.2) is 0 Å². The van der Waals surface area contributed by atoms with Gasteiger partial charge in [-0.3, -0.25) is 0 Å². The normalized spacial score (nSPS) is 12.5. The first-order chi connectivity index (χ1) is 7.18. The van der Waals surface area contributed by atoms with E-state index in [1.165, 1.54) is 12.8 Å². The summed E-state index contributed by atoms with van der Waals surface area (Å²) in [5.74, 6) is 0. The Labute approximate surface area is 98.9 Å². The molecular weight excluding hydrogens is 278 g/mol. The molecule has 0 aromatic heterocycles. The molecule has 0 spiro atoms. The number of rotatable bonds is 9. The van der Waals surface area contributed by atoms with E-state index >= 15 is 0 Å². The summed E-state index contributed by atoms with van der Waals surface area (Å²) in [7, 11) is 0. The van der Waals surface area contributed by atoms with Crippen molar-refractivity contribution < 1.29 is 13.6 Å². The van der Waals surface area contributed by atoms with Gasteiger partial charge in [-0.15, -0.1) is 0 Å². The molecule has 5 heteroatoms. The van der Waals surface area contributed by atoms with E-state index in [0.29, 0.717) is 13.2 Å². The predicted molar refractivity (Wildman–Crippen MR) is 65.3 cm³/mol. The third-order valence-electron chi connectivity index (χ3n) is 1.58. The molecule has 0 radical (unpaired) electrons. The van der Waals surface area contributed by atoms with Gasteiger partial charge < -0.3 is 0 Å². The molecule has 0 N–H and O–H groups in total. The maximum atomic E-state index is 12.0. The molecular formula is C10H21O3PSe. The summed E-state index contributed by atoms with van der Waals surface area (Å²) in [5, 5.41) is 0. The van der Waals surface area contributed by atoms with Gasteiger partial charge in [0.15, 0.2) is 0 Å². The molecule has 0 aliphatic heterocycles. The Morgan fingerprint density at radius 1 is 1.20 bits per heavy atom. The van der Waals surface area contributed by atoms with Crippen molar-refractivity contribution in [3.8, 4) is 0 Å². The number of hydrogen-bond donors (Lipinski definition) is 0. The standard InChI is InChI=1S/C10H21O3PSe/c1-4-7-8-9-10-15-14(11,12-5-2)13-6-3/h9-10H,4-8H2,1-3H3/b10-9-. The van der Waals surface area contributed by atoms with Crippen LogP contribution in [0.3, 0.4) is 0 Å². The third kappa shape index (κ3) is 8.24. The van der Waals surface area contributed by atoms with E-state index < -0.39 is 6.29 Å². The SMILES string of the molecule is CCCC/C=C\[Se]P(=O)(OCC)OCC. The van der Waals surface area contributed by atoms with Crippen molar-refractivity contribution in [2.45, 2.75) is 40.0 Å². The van der Waals surface area contributed by atoms with Crippen LogP contribution in [0.1, 0.15) is 40.0 Å². The summed E-state index contributed by atoms with van der Waals surface area (Å²) in [6, 6.07) is 0. The van der Waals surface area contributed by atoms with E-state index in [-0.39, 0.29) is 14.5 Å². The van der Waals surface area contributed by atoms with Crippen molar-refractivity contribution in [3.63, 3.8) is 0 Å². The van der Waals surface area contributed by atoms with Gasteiger partial charge in [-0.05, 0) is 0 Å². The van der Waals surface area contributed by atoms with Crippen LogP contribution in [0.5, 0.6) is 0 Å². The summed E-state index contributed by atoms with van der Waals surface area (Å²) in [5.41, 5.74) is 0. The van der Waals surface area contributed by atoms with Crippen LogP contribution in [0.15, 0.2) is 11.1 Å². The molecule has 0 heterocycles. The zero-order valence-electron chi connectivity index (χ0n) is 9.77. The quantitative estimate of drug-likeness (QED) is 0.371. The molecule has 0 saturated carbocycles. The Hall–Kier alpha value is 0.409. The van der Waals surface area contributed by atoms with E-state index in [1.807, 2.05) is 18.8 Å². The minimum atomic E-state index is -2.79. The van der Waals surface area contributed by atoms with Crippen LogP contribution in [0.25, 0.3) is 0 Å². The maximum absolute atomic E-state index is 12.0. The molecule has 0 bridgehead atoms. The minimum absolute atomic E-state index is 0.188. The van der Waals surface area contributed by atoms with Gasteiger partial charge in [0.2, 0.25) is 0 Å². The molecule has 90 valence electrons.